The highest BCUT2D eigenvalue weighted by molar-refractivity contribution is 6.50. The highest BCUT2D eigenvalue weighted by Crippen LogP contribution is 2.39. The Kier molecular flexibility index (Phi) is 4.80. The number of aliphatic hydroxyl groups is 2. The maximum atomic E-state index is 13.0. The van der Waals surface area contributed by atoms with Crippen molar-refractivity contribution in [1.82, 2.24) is 14.9 Å². The number of aromatic nitrogens is 2. The van der Waals surface area contributed by atoms with E-state index < -0.39 is 24.5 Å². The summed E-state index contributed by atoms with van der Waals surface area (Å²) in [6, 6.07) is 13.0. The summed E-state index contributed by atoms with van der Waals surface area (Å²) < 4.78 is 7.09. The molecule has 2 aromatic carbocycles. The first-order valence-electron chi connectivity index (χ1n) is 10.1. The second kappa shape index (κ2) is 7.67. The van der Waals surface area contributed by atoms with Gasteiger partial charge in [-0.15, -0.1) is 0 Å². The molecule has 8 heteroatoms. The molecule has 0 bridgehead atoms. The van der Waals surface area contributed by atoms with E-state index in [2.05, 4.69) is 10.3 Å². The Balaban J connectivity index is 1.79. The standard InChI is InChI=1S/C24H21N3O5/c1-32-14-6-7-16-18(11-27(20(16)8-14)10-13(29)12-28)22-21(23(30)26-24(22)31)17-9-25-19-5-3-2-4-15(17)19/h2-9,11,13,25,28-29H,10,12H2,1H3,(H,26,30,31). The Morgan fingerprint density at radius 3 is 2.53 bits per heavy atom. The van der Waals surface area contributed by atoms with E-state index in [9.17, 15) is 19.8 Å². The highest BCUT2D eigenvalue weighted by atomic mass is 16.5. The molecule has 2 aromatic heterocycles. The quantitative estimate of drug-likeness (QED) is 0.349. The Hall–Kier alpha value is -3.88. The molecule has 162 valence electrons. The van der Waals surface area contributed by atoms with Gasteiger partial charge in [0, 0.05) is 45.9 Å². The number of aromatic amines is 1. The van der Waals surface area contributed by atoms with Crippen LogP contribution < -0.4 is 10.1 Å². The van der Waals surface area contributed by atoms with Crippen molar-refractivity contribution in [3.8, 4) is 5.75 Å². The van der Waals surface area contributed by atoms with Gasteiger partial charge in [-0.3, -0.25) is 14.9 Å². The lowest BCUT2D eigenvalue weighted by molar-refractivity contribution is -0.122. The van der Waals surface area contributed by atoms with Gasteiger partial charge in [0.1, 0.15) is 5.75 Å². The minimum Gasteiger partial charge on any atom is -0.497 e. The normalized spacial score (nSPS) is 15.1. The van der Waals surface area contributed by atoms with E-state index in [0.29, 0.717) is 28.0 Å². The minimum absolute atomic E-state index is 0.116. The van der Waals surface area contributed by atoms with Gasteiger partial charge in [0.15, 0.2) is 0 Å². The molecule has 2 amide bonds. The summed E-state index contributed by atoms with van der Waals surface area (Å²) in [7, 11) is 1.55. The van der Waals surface area contributed by atoms with Gasteiger partial charge in [-0.1, -0.05) is 18.2 Å². The van der Waals surface area contributed by atoms with Crippen molar-refractivity contribution in [2.45, 2.75) is 12.6 Å². The van der Waals surface area contributed by atoms with E-state index in [1.54, 1.807) is 36.2 Å². The van der Waals surface area contributed by atoms with Crippen molar-refractivity contribution < 1.29 is 24.5 Å². The molecule has 0 spiro atoms. The molecule has 0 radical (unpaired) electrons. The number of imide groups is 1. The van der Waals surface area contributed by atoms with Crippen LogP contribution in [-0.4, -0.2) is 51.4 Å². The first kappa shape index (κ1) is 20.0. The van der Waals surface area contributed by atoms with E-state index >= 15 is 0 Å². The molecule has 0 aliphatic carbocycles. The van der Waals surface area contributed by atoms with Crippen LogP contribution >= 0.6 is 0 Å². The number of nitrogens with one attached hydrogen (secondary N) is 2. The zero-order chi connectivity index (χ0) is 22.4. The minimum atomic E-state index is -0.981. The number of hydrogen-bond acceptors (Lipinski definition) is 5. The predicted molar refractivity (Wildman–Crippen MR) is 120 cm³/mol. The molecule has 1 atom stereocenters. The van der Waals surface area contributed by atoms with Crippen molar-refractivity contribution in [2.24, 2.45) is 0 Å². The van der Waals surface area contributed by atoms with Crippen molar-refractivity contribution in [3.05, 3.63) is 66.0 Å². The number of hydrogen-bond donors (Lipinski definition) is 4. The van der Waals surface area contributed by atoms with E-state index in [4.69, 9.17) is 4.74 Å². The van der Waals surface area contributed by atoms with Gasteiger partial charge in [-0.25, -0.2) is 0 Å². The van der Waals surface area contributed by atoms with E-state index in [1.165, 1.54) is 0 Å². The van der Waals surface area contributed by atoms with Crippen LogP contribution in [0.4, 0.5) is 0 Å². The third-order valence-electron chi connectivity index (χ3n) is 5.77. The number of methoxy groups -OCH3 is 1. The number of amides is 2. The van der Waals surface area contributed by atoms with Gasteiger partial charge in [0.25, 0.3) is 11.8 Å². The number of benzene rings is 2. The zero-order valence-corrected chi connectivity index (χ0v) is 17.3. The van der Waals surface area contributed by atoms with Gasteiger partial charge in [0.2, 0.25) is 0 Å². The molecule has 32 heavy (non-hydrogen) atoms. The summed E-state index contributed by atoms with van der Waals surface area (Å²) in [6.07, 6.45) is 2.48. The fourth-order valence-corrected chi connectivity index (χ4v) is 4.28. The molecular formula is C24H21N3O5. The molecule has 0 fully saturated rings. The van der Waals surface area contributed by atoms with Crippen LogP contribution in [0.1, 0.15) is 11.1 Å². The molecule has 1 aliphatic heterocycles. The number of carbonyl (C=O) groups is 2. The first-order valence-corrected chi connectivity index (χ1v) is 10.1. The third-order valence-corrected chi connectivity index (χ3v) is 5.77. The Morgan fingerprint density at radius 1 is 1.03 bits per heavy atom. The number of nitrogens with zero attached hydrogens (tertiary/aromatic N) is 1. The maximum Gasteiger partial charge on any atom is 0.259 e. The number of carbonyl (C=O) groups excluding carboxylic acids is 2. The number of rotatable bonds is 6. The molecule has 8 nitrogen and oxygen atoms in total. The first-order chi connectivity index (χ1) is 15.5. The summed E-state index contributed by atoms with van der Waals surface area (Å²) in [4.78, 5) is 29.0. The molecule has 5 rings (SSSR count). The summed E-state index contributed by atoms with van der Waals surface area (Å²) in [5, 5.41) is 23.4. The third kappa shape index (κ3) is 3.08. The van der Waals surface area contributed by atoms with Crippen LogP contribution in [0.3, 0.4) is 0 Å². The molecule has 1 unspecified atom stereocenters. The van der Waals surface area contributed by atoms with Crippen LogP contribution in [0, 0.1) is 0 Å². The van der Waals surface area contributed by atoms with Gasteiger partial charge in [-0.05, 0) is 18.2 Å². The monoisotopic (exact) mass is 431 g/mol. The molecule has 0 saturated carbocycles. The highest BCUT2D eigenvalue weighted by Gasteiger charge is 2.35. The Morgan fingerprint density at radius 2 is 1.78 bits per heavy atom. The van der Waals surface area contributed by atoms with Crippen molar-refractivity contribution in [1.29, 1.82) is 0 Å². The summed E-state index contributed by atoms with van der Waals surface area (Å²) in [5.41, 5.74) is 3.35. The topological polar surface area (TPSA) is 117 Å². The maximum absolute atomic E-state index is 13.0. The SMILES string of the molecule is COc1ccc2c(C3=C(c4c[nH]c5ccccc45)C(=O)NC3=O)cn(CC(O)CO)c2c1. The van der Waals surface area contributed by atoms with Crippen molar-refractivity contribution in [2.75, 3.05) is 13.7 Å². The largest absolute Gasteiger partial charge is 0.497 e. The Bertz CT molecular complexity index is 1410. The second-order valence-corrected chi connectivity index (χ2v) is 7.70. The van der Waals surface area contributed by atoms with Gasteiger partial charge < -0.3 is 24.5 Å². The van der Waals surface area contributed by atoms with Crippen molar-refractivity contribution >= 4 is 44.8 Å². The molecule has 1 aliphatic rings. The number of aliphatic hydroxyl groups excluding tert-OH is 2. The predicted octanol–water partition coefficient (Wildman–Crippen LogP) is 2.05. The smallest absolute Gasteiger partial charge is 0.259 e. The molecule has 3 heterocycles. The van der Waals surface area contributed by atoms with Crippen LogP contribution in [0.15, 0.2) is 54.9 Å². The zero-order valence-electron chi connectivity index (χ0n) is 17.3. The van der Waals surface area contributed by atoms with Gasteiger partial charge in [-0.2, -0.15) is 0 Å². The van der Waals surface area contributed by atoms with Crippen LogP contribution in [0.5, 0.6) is 5.75 Å². The lowest BCUT2D eigenvalue weighted by atomic mass is 9.95. The Labute approximate surface area is 182 Å². The number of H-pyrrole nitrogens is 1. The van der Waals surface area contributed by atoms with E-state index in [-0.39, 0.29) is 12.1 Å². The van der Waals surface area contributed by atoms with E-state index in [1.807, 2.05) is 30.3 Å². The number of ether oxygens (including phenoxy) is 1. The lowest BCUT2D eigenvalue weighted by Gasteiger charge is -2.10. The van der Waals surface area contributed by atoms with Crippen LogP contribution in [0.2, 0.25) is 0 Å². The van der Waals surface area contributed by atoms with Crippen molar-refractivity contribution in [3.63, 3.8) is 0 Å². The fourth-order valence-electron chi connectivity index (χ4n) is 4.28. The van der Waals surface area contributed by atoms with Gasteiger partial charge >= 0.3 is 0 Å². The van der Waals surface area contributed by atoms with E-state index in [0.717, 1.165) is 16.3 Å². The lowest BCUT2D eigenvalue weighted by Crippen LogP contribution is -2.22. The number of fused-ring (bicyclic) bond motifs is 2. The average Bonchev–Trinajstić information content (AvgIpc) is 3.46. The van der Waals surface area contributed by atoms with Gasteiger partial charge in [0.05, 0.1) is 43.0 Å². The summed E-state index contributed by atoms with van der Waals surface area (Å²) in [6.45, 7) is -0.285. The molecule has 0 saturated heterocycles. The molecule has 4 N–H and O–H groups in total. The van der Waals surface area contributed by atoms with Crippen LogP contribution in [0.25, 0.3) is 33.0 Å². The van der Waals surface area contributed by atoms with Crippen LogP contribution in [-0.2, 0) is 16.1 Å². The summed E-state index contributed by atoms with van der Waals surface area (Å²) >= 11 is 0. The second-order valence-electron chi connectivity index (χ2n) is 7.70. The molecule has 4 aromatic rings. The molecular weight excluding hydrogens is 410 g/mol. The number of para-hydroxylation sites is 1. The average molecular weight is 431 g/mol. The summed E-state index contributed by atoms with van der Waals surface area (Å²) in [5.74, 6) is -0.327. The fraction of sp³-hybridized carbons (Fsp3) is 0.167.